The topological polar surface area (TPSA) is 122 Å². The molecule has 2 saturated heterocycles. The van der Waals surface area contributed by atoms with Crippen molar-refractivity contribution in [3.05, 3.63) is 23.8 Å². The molecule has 2 N–H and O–H groups in total. The molecule has 2 heterocycles. The van der Waals surface area contributed by atoms with Gasteiger partial charge in [0.25, 0.3) is 0 Å². The van der Waals surface area contributed by atoms with Crippen molar-refractivity contribution in [2.24, 2.45) is 0 Å². The number of likely N-dealkylation sites (tertiary alicyclic amines) is 1. The Morgan fingerprint density at radius 2 is 1.38 bits per heavy atom. The molecule has 236 valence electrons. The summed E-state index contributed by atoms with van der Waals surface area (Å²) in [6.45, 7) is 1.09. The number of halogens is 9. The number of carboxylic acids is 2. The van der Waals surface area contributed by atoms with E-state index in [1.165, 1.54) is 6.07 Å². The molecule has 19 heteroatoms. The van der Waals surface area contributed by atoms with E-state index < -0.39 is 66.1 Å². The number of rotatable bonds is 4. The number of piperazine rings is 1. The van der Waals surface area contributed by atoms with Gasteiger partial charge < -0.3 is 24.9 Å². The summed E-state index contributed by atoms with van der Waals surface area (Å²) < 4.78 is 111. The molecule has 2 aliphatic heterocycles. The van der Waals surface area contributed by atoms with Gasteiger partial charge in [-0.1, -0.05) is 0 Å². The molecule has 0 bridgehead atoms. The molecule has 1 unspecified atom stereocenters. The third-order valence-corrected chi connectivity index (χ3v) is 6.33. The number of aromatic carboxylic acids is 1. The number of hydrogen-bond acceptors (Lipinski definition) is 6. The van der Waals surface area contributed by atoms with E-state index >= 15 is 0 Å². The third-order valence-electron chi connectivity index (χ3n) is 6.33. The smallest absolute Gasteiger partial charge is 0.478 e. The van der Waals surface area contributed by atoms with E-state index in [0.29, 0.717) is 36.8 Å². The molecular formula is C23H25F9N4O6. The first-order valence-corrected chi connectivity index (χ1v) is 12.0. The highest BCUT2D eigenvalue weighted by molar-refractivity contribution is 6.05. The number of carboxylic acid groups (broad SMARTS) is 2. The Hall–Kier alpha value is -3.77. The lowest BCUT2D eigenvalue weighted by Gasteiger charge is -2.40. The SMILES string of the molecule is CN1CCN(c2ccc(C(=O)O)c(N(C(=O)C(F)(F)F)C3CCCN(C(=O)C(F)(F)F)C3)c2)CC1.O=C(O)C(F)(F)F. The molecule has 1 aromatic rings. The highest BCUT2D eigenvalue weighted by Crippen LogP contribution is 2.35. The van der Waals surface area contributed by atoms with Gasteiger partial charge >= 0.3 is 42.3 Å². The van der Waals surface area contributed by atoms with E-state index in [9.17, 15) is 59.0 Å². The minimum Gasteiger partial charge on any atom is -0.478 e. The molecule has 2 aliphatic rings. The number of carbonyl (C=O) groups is 4. The van der Waals surface area contributed by atoms with Crippen molar-refractivity contribution >= 4 is 35.1 Å². The van der Waals surface area contributed by atoms with Crippen molar-refractivity contribution in [3.8, 4) is 0 Å². The number of anilines is 2. The van der Waals surface area contributed by atoms with Gasteiger partial charge in [0.05, 0.1) is 17.3 Å². The van der Waals surface area contributed by atoms with Crippen LogP contribution in [0.15, 0.2) is 18.2 Å². The molecule has 0 spiro atoms. The summed E-state index contributed by atoms with van der Waals surface area (Å²) in [6, 6.07) is 2.12. The standard InChI is InChI=1S/C21H24F6N4O4.C2HF3O2/c1-28-7-9-29(10-8-28)13-4-5-15(17(32)33)16(11-13)31(19(35)21(25,26)27)14-3-2-6-30(12-14)18(34)20(22,23)24;3-2(4,5)1(6)7/h4-5,11,14H,2-3,6-10,12H2,1H3,(H,32,33);(H,6,7). The zero-order valence-electron chi connectivity index (χ0n) is 21.7. The predicted molar refractivity (Wildman–Crippen MR) is 126 cm³/mol. The van der Waals surface area contributed by atoms with E-state index in [2.05, 4.69) is 0 Å². The molecule has 3 rings (SSSR count). The molecule has 0 aromatic heterocycles. The summed E-state index contributed by atoms with van der Waals surface area (Å²) in [5.74, 6) is -9.01. The van der Waals surface area contributed by atoms with Crippen molar-refractivity contribution in [2.75, 3.05) is 56.1 Å². The number of likely N-dealkylation sites (N-methyl/N-ethyl adjacent to an activating group) is 1. The van der Waals surface area contributed by atoms with E-state index in [-0.39, 0.29) is 24.3 Å². The highest BCUT2D eigenvalue weighted by atomic mass is 19.4. The van der Waals surface area contributed by atoms with Gasteiger partial charge in [-0.15, -0.1) is 0 Å². The molecule has 10 nitrogen and oxygen atoms in total. The van der Waals surface area contributed by atoms with Gasteiger partial charge in [-0.3, -0.25) is 14.5 Å². The highest BCUT2D eigenvalue weighted by Gasteiger charge is 2.49. The molecular weight excluding hydrogens is 599 g/mol. The van der Waals surface area contributed by atoms with E-state index in [1.54, 1.807) is 0 Å². The summed E-state index contributed by atoms with van der Waals surface area (Å²) >= 11 is 0. The first-order valence-electron chi connectivity index (χ1n) is 12.0. The number of carbonyl (C=O) groups excluding carboxylic acids is 2. The summed E-state index contributed by atoms with van der Waals surface area (Å²) in [6.07, 6.45) is -16.0. The van der Waals surface area contributed by atoms with Gasteiger partial charge in [0.1, 0.15) is 0 Å². The average molecular weight is 624 g/mol. The number of benzene rings is 1. The van der Waals surface area contributed by atoms with Crippen LogP contribution in [-0.2, 0) is 14.4 Å². The molecule has 1 aromatic carbocycles. The second-order valence-corrected chi connectivity index (χ2v) is 9.32. The van der Waals surface area contributed by atoms with Crippen LogP contribution in [0.25, 0.3) is 0 Å². The zero-order valence-corrected chi connectivity index (χ0v) is 21.7. The van der Waals surface area contributed by atoms with Crippen LogP contribution >= 0.6 is 0 Å². The normalized spacial score (nSPS) is 18.6. The van der Waals surface area contributed by atoms with E-state index in [4.69, 9.17) is 9.90 Å². The maximum atomic E-state index is 13.6. The molecule has 0 saturated carbocycles. The first-order chi connectivity index (χ1) is 19.1. The Morgan fingerprint density at radius 3 is 1.83 bits per heavy atom. The second-order valence-electron chi connectivity index (χ2n) is 9.32. The lowest BCUT2D eigenvalue weighted by molar-refractivity contribution is -0.192. The number of alkyl halides is 9. The Labute approximate surface area is 231 Å². The molecule has 2 amide bonds. The van der Waals surface area contributed by atoms with Crippen molar-refractivity contribution in [3.63, 3.8) is 0 Å². The van der Waals surface area contributed by atoms with Gasteiger partial charge in [-0.2, -0.15) is 39.5 Å². The molecule has 42 heavy (non-hydrogen) atoms. The minimum atomic E-state index is -5.43. The summed E-state index contributed by atoms with van der Waals surface area (Å²) in [5.41, 5.74) is -0.820. The summed E-state index contributed by atoms with van der Waals surface area (Å²) in [7, 11) is 1.89. The Kier molecular flexibility index (Phi) is 10.7. The number of amides is 2. The Bertz CT molecular complexity index is 1160. The fraction of sp³-hybridized carbons (Fsp3) is 0.565. The van der Waals surface area contributed by atoms with E-state index in [0.717, 1.165) is 12.1 Å². The third kappa shape index (κ3) is 8.86. The maximum absolute atomic E-state index is 13.6. The maximum Gasteiger partial charge on any atom is 0.490 e. The predicted octanol–water partition coefficient (Wildman–Crippen LogP) is 3.22. The van der Waals surface area contributed by atoms with Crippen molar-refractivity contribution in [1.82, 2.24) is 9.80 Å². The number of nitrogens with zero attached hydrogens (tertiary/aromatic N) is 4. The van der Waals surface area contributed by atoms with E-state index in [1.807, 2.05) is 16.8 Å². The van der Waals surface area contributed by atoms with Gasteiger partial charge in [0, 0.05) is 45.0 Å². The number of piperidine rings is 1. The monoisotopic (exact) mass is 624 g/mol. The van der Waals surface area contributed by atoms with Crippen LogP contribution in [0.3, 0.4) is 0 Å². The fourth-order valence-corrected chi connectivity index (χ4v) is 4.30. The van der Waals surface area contributed by atoms with Crippen LogP contribution in [-0.4, -0.2) is 115 Å². The largest absolute Gasteiger partial charge is 0.490 e. The first kappa shape index (κ1) is 34.4. The van der Waals surface area contributed by atoms with Crippen LogP contribution in [0.2, 0.25) is 0 Å². The Balaban J connectivity index is 0.000000782. The minimum absolute atomic E-state index is 0.103. The van der Waals surface area contributed by atoms with Crippen LogP contribution in [0.1, 0.15) is 23.2 Å². The summed E-state index contributed by atoms with van der Waals surface area (Å²) in [4.78, 5) is 49.4. The fourth-order valence-electron chi connectivity index (χ4n) is 4.30. The van der Waals surface area contributed by atoms with Crippen LogP contribution in [0.5, 0.6) is 0 Å². The van der Waals surface area contributed by atoms with Gasteiger partial charge in [0.2, 0.25) is 0 Å². The molecule has 0 aliphatic carbocycles. The summed E-state index contributed by atoms with van der Waals surface area (Å²) in [5, 5.41) is 16.8. The van der Waals surface area contributed by atoms with Crippen LogP contribution in [0.4, 0.5) is 50.9 Å². The number of aliphatic carboxylic acids is 1. The lowest BCUT2D eigenvalue weighted by atomic mass is 10.0. The van der Waals surface area contributed by atoms with Gasteiger partial charge in [-0.25, -0.2) is 9.59 Å². The Morgan fingerprint density at radius 1 is 0.833 bits per heavy atom. The van der Waals surface area contributed by atoms with Crippen molar-refractivity contribution in [2.45, 2.75) is 37.4 Å². The molecule has 1 atom stereocenters. The second kappa shape index (κ2) is 13.0. The van der Waals surface area contributed by atoms with Crippen LogP contribution < -0.4 is 9.80 Å². The molecule has 0 radical (unpaired) electrons. The van der Waals surface area contributed by atoms with Gasteiger partial charge in [-0.05, 0) is 38.1 Å². The zero-order chi connectivity index (χ0) is 32.2. The van der Waals surface area contributed by atoms with Crippen molar-refractivity contribution < 1.29 is 68.9 Å². The number of hydrogen-bond donors (Lipinski definition) is 2. The van der Waals surface area contributed by atoms with Crippen molar-refractivity contribution in [1.29, 1.82) is 0 Å². The van der Waals surface area contributed by atoms with Gasteiger partial charge in [0.15, 0.2) is 0 Å². The molecule has 2 fully saturated rings. The quantitative estimate of drug-likeness (QED) is 0.491. The van der Waals surface area contributed by atoms with Crippen LogP contribution in [0, 0.1) is 0 Å². The average Bonchev–Trinajstić information content (AvgIpc) is 2.87. The lowest BCUT2D eigenvalue weighted by Crippen LogP contribution is -2.57.